The Morgan fingerprint density at radius 3 is 2.44 bits per heavy atom. The van der Waals surface area contributed by atoms with Crippen molar-refractivity contribution < 1.29 is 13.2 Å². The Morgan fingerprint density at radius 2 is 1.81 bits per heavy atom. The van der Waals surface area contributed by atoms with Gasteiger partial charge in [-0.1, -0.05) is 29.8 Å². The van der Waals surface area contributed by atoms with Crippen LogP contribution < -0.4 is 16.4 Å². The number of benzene rings is 2. The summed E-state index contributed by atoms with van der Waals surface area (Å²) in [5, 5.41) is 10.4. The van der Waals surface area contributed by atoms with Crippen LogP contribution in [-0.4, -0.2) is 19.7 Å². The second kappa shape index (κ2) is 8.39. The van der Waals surface area contributed by atoms with E-state index < -0.39 is 11.7 Å². The van der Waals surface area contributed by atoms with Crippen LogP contribution in [0.15, 0.2) is 60.9 Å². The Bertz CT molecular complexity index is 1250. The molecule has 164 valence electrons. The lowest BCUT2D eigenvalue weighted by atomic mass is 10.1. The van der Waals surface area contributed by atoms with Crippen molar-refractivity contribution in [2.45, 2.75) is 6.18 Å². The molecule has 0 amide bonds. The van der Waals surface area contributed by atoms with E-state index in [1.54, 1.807) is 37.5 Å². The molecule has 2 heterocycles. The number of nitrogens with two attached hydrogens (primary N) is 1. The van der Waals surface area contributed by atoms with Gasteiger partial charge in [0, 0.05) is 36.4 Å². The van der Waals surface area contributed by atoms with Gasteiger partial charge in [-0.2, -0.15) is 23.3 Å². The lowest BCUT2D eigenvalue weighted by Gasteiger charge is -2.14. The molecule has 0 aliphatic carbocycles. The monoisotopic (exact) mass is 459 g/mol. The summed E-state index contributed by atoms with van der Waals surface area (Å²) >= 11 is 6.09. The molecule has 2 aromatic heterocycles. The summed E-state index contributed by atoms with van der Waals surface area (Å²) in [5.41, 5.74) is 7.83. The van der Waals surface area contributed by atoms with Gasteiger partial charge in [0.25, 0.3) is 0 Å². The smallest absolute Gasteiger partial charge is 0.399 e. The van der Waals surface area contributed by atoms with Gasteiger partial charge >= 0.3 is 6.18 Å². The van der Waals surface area contributed by atoms with Crippen molar-refractivity contribution in [3.05, 3.63) is 71.6 Å². The van der Waals surface area contributed by atoms with Crippen LogP contribution in [0.4, 0.5) is 42.0 Å². The average molecular weight is 460 g/mol. The molecule has 11 heteroatoms. The first kappa shape index (κ1) is 21.4. The van der Waals surface area contributed by atoms with E-state index in [1.807, 2.05) is 0 Å². The van der Waals surface area contributed by atoms with Gasteiger partial charge < -0.3 is 16.4 Å². The summed E-state index contributed by atoms with van der Waals surface area (Å²) in [6, 6.07) is 11.8. The van der Waals surface area contributed by atoms with Crippen LogP contribution in [0.3, 0.4) is 0 Å². The quantitative estimate of drug-likeness (QED) is 0.335. The van der Waals surface area contributed by atoms with Crippen molar-refractivity contribution >= 4 is 40.4 Å². The van der Waals surface area contributed by atoms with Crippen LogP contribution in [0.25, 0.3) is 11.1 Å². The molecule has 7 nitrogen and oxygen atoms in total. The summed E-state index contributed by atoms with van der Waals surface area (Å²) in [5.74, 6) is 0.592. The van der Waals surface area contributed by atoms with E-state index in [4.69, 9.17) is 17.3 Å². The number of hydrogen-bond donors (Lipinski definition) is 3. The largest absolute Gasteiger partial charge is 0.416 e. The molecule has 0 saturated carbocycles. The molecule has 0 aliphatic rings. The Labute approximate surface area is 186 Å². The molecule has 4 N–H and O–H groups in total. The zero-order valence-corrected chi connectivity index (χ0v) is 17.4. The number of rotatable bonds is 5. The minimum absolute atomic E-state index is 0.224. The standard InChI is InChI=1S/C21H17ClF3N7/c1-32-11-17(18(22)31-32)29-20-27-10-16(12-5-7-13(8-6-12)21(23,24)25)19(30-20)28-15-4-2-3-14(26)9-15/h2-11H,26H2,1H3,(H2,27,28,29,30). The lowest BCUT2D eigenvalue weighted by molar-refractivity contribution is -0.137. The summed E-state index contributed by atoms with van der Waals surface area (Å²) in [7, 11) is 1.72. The first-order valence-corrected chi connectivity index (χ1v) is 9.70. The molecule has 4 rings (SSSR count). The summed E-state index contributed by atoms with van der Waals surface area (Å²) < 4.78 is 40.4. The Kier molecular flexibility index (Phi) is 5.62. The van der Waals surface area contributed by atoms with Crippen LogP contribution in [-0.2, 0) is 13.2 Å². The minimum Gasteiger partial charge on any atom is -0.399 e. The predicted molar refractivity (Wildman–Crippen MR) is 118 cm³/mol. The van der Waals surface area contributed by atoms with Gasteiger partial charge in [-0.25, -0.2) is 4.98 Å². The van der Waals surface area contributed by atoms with Gasteiger partial charge in [-0.3, -0.25) is 4.68 Å². The summed E-state index contributed by atoms with van der Waals surface area (Å²) in [6.45, 7) is 0. The number of nitrogens with zero attached hydrogens (tertiary/aromatic N) is 4. The minimum atomic E-state index is -4.42. The van der Waals surface area contributed by atoms with Crippen molar-refractivity contribution in [2.24, 2.45) is 7.05 Å². The highest BCUT2D eigenvalue weighted by Crippen LogP contribution is 2.34. The number of aryl methyl sites for hydroxylation is 1. The number of nitrogens with one attached hydrogen (secondary N) is 2. The third-order valence-electron chi connectivity index (χ3n) is 4.49. The number of hydrogen-bond acceptors (Lipinski definition) is 6. The van der Waals surface area contributed by atoms with Gasteiger partial charge in [-0.05, 0) is 35.9 Å². The van der Waals surface area contributed by atoms with Crippen LogP contribution in [0.5, 0.6) is 0 Å². The zero-order valence-electron chi connectivity index (χ0n) is 16.7. The fourth-order valence-corrected chi connectivity index (χ4v) is 3.22. The second-order valence-electron chi connectivity index (χ2n) is 6.91. The third kappa shape index (κ3) is 4.75. The highest BCUT2D eigenvalue weighted by Gasteiger charge is 2.30. The van der Waals surface area contributed by atoms with Crippen molar-refractivity contribution in [3.63, 3.8) is 0 Å². The maximum atomic E-state index is 12.9. The highest BCUT2D eigenvalue weighted by molar-refractivity contribution is 6.32. The van der Waals surface area contributed by atoms with Crippen LogP contribution >= 0.6 is 11.6 Å². The summed E-state index contributed by atoms with van der Waals surface area (Å²) in [6.07, 6.45) is -1.24. The van der Waals surface area contributed by atoms with E-state index in [0.717, 1.165) is 12.1 Å². The fraction of sp³-hybridized carbons (Fsp3) is 0.0952. The van der Waals surface area contributed by atoms with Gasteiger partial charge in [-0.15, -0.1) is 0 Å². The van der Waals surface area contributed by atoms with Gasteiger partial charge in [0.15, 0.2) is 5.15 Å². The molecule has 4 aromatic rings. The Morgan fingerprint density at radius 1 is 1.06 bits per heavy atom. The molecular formula is C21H17ClF3N7. The normalized spacial score (nSPS) is 11.4. The maximum absolute atomic E-state index is 12.9. The van der Waals surface area contributed by atoms with Gasteiger partial charge in [0.1, 0.15) is 5.82 Å². The SMILES string of the molecule is Cn1cc(Nc2ncc(-c3ccc(C(F)(F)F)cc3)c(Nc3cccc(N)c3)n2)c(Cl)n1. The molecule has 2 aromatic carbocycles. The average Bonchev–Trinajstić information content (AvgIpc) is 3.04. The van der Waals surface area contributed by atoms with E-state index in [1.165, 1.54) is 23.0 Å². The number of aromatic nitrogens is 4. The highest BCUT2D eigenvalue weighted by atomic mass is 35.5. The van der Waals surface area contributed by atoms with Crippen LogP contribution in [0.1, 0.15) is 5.56 Å². The molecule has 0 unspecified atom stereocenters. The van der Waals surface area contributed by atoms with E-state index >= 15 is 0 Å². The predicted octanol–water partition coefficient (Wildman–Crippen LogP) is 5.62. The lowest BCUT2D eigenvalue weighted by Crippen LogP contribution is -2.05. The Balaban J connectivity index is 1.73. The van der Waals surface area contributed by atoms with Gasteiger partial charge in [0.2, 0.25) is 5.95 Å². The molecule has 0 bridgehead atoms. The molecule has 0 fully saturated rings. The number of anilines is 5. The molecule has 0 spiro atoms. The zero-order chi connectivity index (χ0) is 22.9. The van der Waals surface area contributed by atoms with E-state index in [0.29, 0.717) is 34.0 Å². The molecular weight excluding hydrogens is 443 g/mol. The second-order valence-corrected chi connectivity index (χ2v) is 7.27. The van der Waals surface area contributed by atoms with Gasteiger partial charge in [0.05, 0.1) is 11.3 Å². The number of nitrogen functional groups attached to an aromatic ring is 1. The number of halogens is 4. The molecule has 0 atom stereocenters. The Hall–Kier alpha value is -3.79. The van der Waals surface area contributed by atoms with E-state index in [2.05, 4.69) is 25.7 Å². The molecule has 0 saturated heterocycles. The molecule has 0 radical (unpaired) electrons. The fourth-order valence-electron chi connectivity index (χ4n) is 3.01. The van der Waals surface area contributed by atoms with E-state index in [9.17, 15) is 13.2 Å². The van der Waals surface area contributed by atoms with Crippen molar-refractivity contribution in [2.75, 3.05) is 16.4 Å². The van der Waals surface area contributed by atoms with Crippen LogP contribution in [0.2, 0.25) is 5.15 Å². The topological polar surface area (TPSA) is 93.7 Å². The van der Waals surface area contributed by atoms with Crippen molar-refractivity contribution in [1.29, 1.82) is 0 Å². The van der Waals surface area contributed by atoms with Crippen molar-refractivity contribution in [3.8, 4) is 11.1 Å². The van der Waals surface area contributed by atoms with Crippen molar-refractivity contribution in [1.82, 2.24) is 19.7 Å². The third-order valence-corrected chi connectivity index (χ3v) is 4.77. The first-order chi connectivity index (χ1) is 15.2. The number of alkyl halides is 3. The van der Waals surface area contributed by atoms with Crippen LogP contribution in [0, 0.1) is 0 Å². The summed E-state index contributed by atoms with van der Waals surface area (Å²) in [4.78, 5) is 8.79. The van der Waals surface area contributed by atoms with E-state index in [-0.39, 0.29) is 11.1 Å². The molecule has 32 heavy (non-hydrogen) atoms. The molecule has 0 aliphatic heterocycles. The first-order valence-electron chi connectivity index (χ1n) is 9.32. The maximum Gasteiger partial charge on any atom is 0.416 e.